The summed E-state index contributed by atoms with van der Waals surface area (Å²) in [7, 11) is -1.23. The summed E-state index contributed by atoms with van der Waals surface area (Å²) in [5, 5.41) is 0. The van der Waals surface area contributed by atoms with Crippen LogP contribution in [0.4, 0.5) is 0 Å². The Kier molecular flexibility index (Phi) is 4.07. The Bertz CT molecular complexity index is 572. The molecule has 104 valence electrons. The molecule has 2 amide bonds. The fourth-order valence-corrected chi connectivity index (χ4v) is 2.65. The van der Waals surface area contributed by atoms with Crippen molar-refractivity contribution in [3.63, 3.8) is 0 Å². The monoisotopic (exact) mass is 285 g/mol. The number of carbonyl (C=O) groups is 2. The van der Waals surface area contributed by atoms with Gasteiger partial charge in [-0.3, -0.25) is 14.5 Å². The first-order valence-electron chi connectivity index (χ1n) is 6.77. The Morgan fingerprint density at radius 1 is 1.10 bits per heavy atom. The van der Waals surface area contributed by atoms with Crippen LogP contribution in [0.1, 0.15) is 27.1 Å². The van der Waals surface area contributed by atoms with Crippen molar-refractivity contribution in [1.82, 2.24) is 4.90 Å². The van der Waals surface area contributed by atoms with Crippen LogP contribution in [0.3, 0.4) is 0 Å². The molecular weight excluding hydrogens is 266 g/mol. The first-order valence-corrected chi connectivity index (χ1v) is 10.4. The van der Waals surface area contributed by atoms with E-state index < -0.39 is 8.07 Å². The molecule has 0 aliphatic carbocycles. The lowest BCUT2D eigenvalue weighted by molar-refractivity contribution is 0.0657. The van der Waals surface area contributed by atoms with Gasteiger partial charge in [-0.1, -0.05) is 37.5 Å². The van der Waals surface area contributed by atoms with Crippen molar-refractivity contribution >= 4 is 19.9 Å². The smallest absolute Gasteiger partial charge is 0.261 e. The Labute approximate surface area is 120 Å². The number of rotatable bonds is 4. The summed E-state index contributed by atoms with van der Waals surface area (Å²) in [6.07, 6.45) is 2.55. The zero-order valence-electron chi connectivity index (χ0n) is 12.1. The topological polar surface area (TPSA) is 37.4 Å². The normalized spacial score (nSPS) is 14.1. The Morgan fingerprint density at radius 3 is 2.15 bits per heavy atom. The molecule has 1 aliphatic rings. The summed E-state index contributed by atoms with van der Waals surface area (Å²) < 4.78 is 0. The quantitative estimate of drug-likeness (QED) is 0.484. The maximum Gasteiger partial charge on any atom is 0.261 e. The average Bonchev–Trinajstić information content (AvgIpc) is 2.62. The van der Waals surface area contributed by atoms with E-state index in [2.05, 4.69) is 31.1 Å². The second kappa shape index (κ2) is 5.61. The van der Waals surface area contributed by atoms with Crippen LogP contribution in [0, 0.1) is 0 Å². The van der Waals surface area contributed by atoms with Crippen LogP contribution in [-0.4, -0.2) is 31.3 Å². The van der Waals surface area contributed by atoms with E-state index in [1.165, 1.54) is 4.90 Å². The van der Waals surface area contributed by atoms with E-state index in [1.54, 1.807) is 24.3 Å². The van der Waals surface area contributed by atoms with E-state index in [4.69, 9.17) is 0 Å². The summed E-state index contributed by atoms with van der Waals surface area (Å²) in [5.41, 5.74) is 6.31. The van der Waals surface area contributed by atoms with Crippen molar-refractivity contribution in [2.75, 3.05) is 6.54 Å². The number of imide groups is 1. The third kappa shape index (κ3) is 3.16. The van der Waals surface area contributed by atoms with E-state index in [0.717, 1.165) is 0 Å². The Balaban J connectivity index is 2.02. The van der Waals surface area contributed by atoms with Gasteiger partial charge in [0.15, 0.2) is 0 Å². The van der Waals surface area contributed by atoms with Gasteiger partial charge in [0, 0.05) is 6.54 Å². The van der Waals surface area contributed by atoms with Crippen LogP contribution in [0.15, 0.2) is 41.8 Å². The van der Waals surface area contributed by atoms with E-state index in [9.17, 15) is 9.59 Å². The highest BCUT2D eigenvalue weighted by Crippen LogP contribution is 2.22. The molecule has 0 bridgehead atoms. The second-order valence-electron chi connectivity index (χ2n) is 5.98. The standard InChI is InChI=1S/C16H19NO2Si/c1-20(2,3)12-8-4-7-11-17-15(18)13-9-5-6-10-14(13)16(17)19/h4-6,9-10,12H,7,11H2,1-3H3. The molecule has 0 radical (unpaired) electrons. The summed E-state index contributed by atoms with van der Waals surface area (Å²) in [4.78, 5) is 25.5. The maximum atomic E-state index is 12.1. The van der Waals surface area contributed by atoms with Crippen LogP contribution in [-0.2, 0) is 0 Å². The molecule has 0 unspecified atom stereocenters. The lowest BCUT2D eigenvalue weighted by atomic mass is 10.1. The van der Waals surface area contributed by atoms with Crippen LogP contribution in [0.5, 0.6) is 0 Å². The van der Waals surface area contributed by atoms with Gasteiger partial charge in [-0.15, -0.1) is 5.73 Å². The Hall–Kier alpha value is -1.90. The number of hydrogen-bond donors (Lipinski definition) is 0. The van der Waals surface area contributed by atoms with E-state index in [0.29, 0.717) is 24.1 Å². The van der Waals surface area contributed by atoms with Gasteiger partial charge < -0.3 is 0 Å². The number of nitrogens with zero attached hydrogens (tertiary/aromatic N) is 1. The van der Waals surface area contributed by atoms with Crippen molar-refractivity contribution in [3.8, 4) is 0 Å². The van der Waals surface area contributed by atoms with E-state index in [-0.39, 0.29) is 11.8 Å². The first-order chi connectivity index (χ1) is 9.40. The minimum Gasteiger partial charge on any atom is -0.274 e. The van der Waals surface area contributed by atoms with Gasteiger partial charge >= 0.3 is 0 Å². The molecular formula is C16H19NO2Si. The zero-order chi connectivity index (χ0) is 14.8. The highest BCUT2D eigenvalue weighted by Gasteiger charge is 2.34. The van der Waals surface area contributed by atoms with Crippen LogP contribution in [0.2, 0.25) is 19.6 Å². The number of carbonyl (C=O) groups excluding carboxylic acids is 2. The minimum absolute atomic E-state index is 0.187. The first kappa shape index (κ1) is 14.5. The third-order valence-corrected chi connectivity index (χ3v) is 4.04. The molecule has 1 aromatic rings. The lowest BCUT2D eigenvalue weighted by Crippen LogP contribution is -2.30. The molecule has 0 N–H and O–H groups in total. The van der Waals surface area contributed by atoms with Gasteiger partial charge in [0.2, 0.25) is 0 Å². The van der Waals surface area contributed by atoms with Crippen molar-refractivity contribution in [3.05, 3.63) is 52.9 Å². The molecule has 20 heavy (non-hydrogen) atoms. The van der Waals surface area contributed by atoms with Crippen molar-refractivity contribution in [2.24, 2.45) is 0 Å². The van der Waals surface area contributed by atoms with E-state index in [1.807, 2.05) is 6.08 Å². The molecule has 1 aliphatic heterocycles. The molecule has 4 heteroatoms. The SMILES string of the molecule is C[Si](C)(C)C=C=CCCN1C(=O)c2ccccc2C1=O. The predicted octanol–water partition coefficient (Wildman–Crippen LogP) is 3.26. The molecule has 0 fully saturated rings. The van der Waals surface area contributed by atoms with Crippen molar-refractivity contribution in [1.29, 1.82) is 0 Å². The molecule has 0 atom stereocenters. The number of fused-ring (bicyclic) bond motifs is 1. The van der Waals surface area contributed by atoms with Crippen molar-refractivity contribution in [2.45, 2.75) is 26.1 Å². The fourth-order valence-electron chi connectivity index (χ4n) is 2.03. The maximum absolute atomic E-state index is 12.1. The molecule has 0 saturated carbocycles. The molecule has 1 aromatic carbocycles. The van der Waals surface area contributed by atoms with Gasteiger partial charge in [-0.05, 0) is 24.6 Å². The Morgan fingerprint density at radius 2 is 1.65 bits per heavy atom. The number of benzene rings is 1. The van der Waals surface area contributed by atoms with Gasteiger partial charge in [-0.25, -0.2) is 0 Å². The highest BCUT2D eigenvalue weighted by atomic mass is 28.3. The minimum atomic E-state index is -1.23. The second-order valence-corrected chi connectivity index (χ2v) is 11.0. The summed E-state index contributed by atoms with van der Waals surface area (Å²) >= 11 is 0. The zero-order valence-corrected chi connectivity index (χ0v) is 13.1. The van der Waals surface area contributed by atoms with Gasteiger partial charge in [0.25, 0.3) is 11.8 Å². The van der Waals surface area contributed by atoms with Gasteiger partial charge in [-0.2, -0.15) is 0 Å². The highest BCUT2D eigenvalue weighted by molar-refractivity contribution is 6.80. The summed E-state index contributed by atoms with van der Waals surface area (Å²) in [6, 6.07) is 6.97. The fraction of sp³-hybridized carbons (Fsp3) is 0.312. The van der Waals surface area contributed by atoms with Gasteiger partial charge in [0.1, 0.15) is 0 Å². The molecule has 1 heterocycles. The molecule has 0 saturated heterocycles. The third-order valence-electron chi connectivity index (χ3n) is 3.01. The van der Waals surface area contributed by atoms with E-state index >= 15 is 0 Å². The molecule has 3 nitrogen and oxygen atoms in total. The largest absolute Gasteiger partial charge is 0.274 e. The van der Waals surface area contributed by atoms with Crippen molar-refractivity contribution < 1.29 is 9.59 Å². The van der Waals surface area contributed by atoms with Crippen LogP contribution in [0.25, 0.3) is 0 Å². The predicted molar refractivity (Wildman–Crippen MR) is 82.4 cm³/mol. The molecule has 0 spiro atoms. The number of amides is 2. The van der Waals surface area contributed by atoms with Gasteiger partial charge in [0.05, 0.1) is 19.2 Å². The average molecular weight is 285 g/mol. The summed E-state index contributed by atoms with van der Waals surface area (Å²) in [5.74, 6) is -0.374. The van der Waals surface area contributed by atoms with Crippen LogP contribution < -0.4 is 0 Å². The van der Waals surface area contributed by atoms with Crippen LogP contribution >= 0.6 is 0 Å². The molecule has 0 aromatic heterocycles. The lowest BCUT2D eigenvalue weighted by Gasteiger charge is -2.11. The molecule has 2 rings (SSSR count). The number of hydrogen-bond acceptors (Lipinski definition) is 2. The summed E-state index contributed by atoms with van der Waals surface area (Å²) in [6.45, 7) is 7.12.